The molecule has 0 aliphatic heterocycles. The van der Waals surface area contributed by atoms with E-state index in [4.69, 9.17) is 11.6 Å². The van der Waals surface area contributed by atoms with Crippen LogP contribution in [0.1, 0.15) is 50.3 Å². The minimum Gasteiger partial charge on any atom is -0.208 e. The number of aromatic nitrogens is 2. The average molecular weight is 217 g/mol. The van der Waals surface area contributed by atoms with Gasteiger partial charge >= 0.3 is 0 Å². The van der Waals surface area contributed by atoms with Crippen LogP contribution in [0.4, 0.5) is 0 Å². The zero-order valence-corrected chi connectivity index (χ0v) is 9.07. The Morgan fingerprint density at radius 2 is 1.85 bits per heavy atom. The summed E-state index contributed by atoms with van der Waals surface area (Å²) in [4.78, 5) is 4.25. The Morgan fingerprint density at radius 1 is 1.15 bits per heavy atom. The fraction of sp³-hybridized carbons (Fsp3) is 0.778. The maximum absolute atomic E-state index is 5.77. The summed E-state index contributed by atoms with van der Waals surface area (Å²) in [5.74, 6) is 1.56. The molecule has 1 heterocycles. The second kappa shape index (κ2) is 4.38. The first kappa shape index (κ1) is 9.41. The van der Waals surface area contributed by atoms with Crippen molar-refractivity contribution in [3.05, 3.63) is 10.3 Å². The minimum atomic E-state index is 0.575. The van der Waals surface area contributed by atoms with E-state index < -0.39 is 0 Å². The fourth-order valence-corrected chi connectivity index (χ4v) is 2.60. The van der Waals surface area contributed by atoms with E-state index in [0.29, 0.717) is 10.4 Å². The third-order valence-corrected chi connectivity index (χ3v) is 3.45. The summed E-state index contributed by atoms with van der Waals surface area (Å²) in [5, 5.41) is 0. The lowest BCUT2D eigenvalue weighted by Gasteiger charge is -2.08. The number of hydrogen-bond acceptors (Lipinski definition) is 3. The molecule has 0 saturated heterocycles. The Hall–Kier alpha value is -0.150. The van der Waals surface area contributed by atoms with Gasteiger partial charge in [-0.05, 0) is 36.0 Å². The molecule has 0 amide bonds. The maximum Gasteiger partial charge on any atom is 0.203 e. The first-order chi connectivity index (χ1) is 6.36. The topological polar surface area (TPSA) is 25.8 Å². The van der Waals surface area contributed by atoms with Crippen molar-refractivity contribution in [3.63, 3.8) is 0 Å². The van der Waals surface area contributed by atoms with Crippen molar-refractivity contribution in [2.24, 2.45) is 0 Å². The van der Waals surface area contributed by atoms with Gasteiger partial charge in [-0.25, -0.2) is 4.98 Å². The van der Waals surface area contributed by atoms with Crippen molar-refractivity contribution in [2.75, 3.05) is 0 Å². The molecule has 1 aromatic heterocycles. The summed E-state index contributed by atoms with van der Waals surface area (Å²) < 4.78 is 4.86. The third-order valence-electron chi connectivity index (χ3n) is 2.64. The van der Waals surface area contributed by atoms with Gasteiger partial charge in [-0.3, -0.25) is 0 Å². The van der Waals surface area contributed by atoms with Crippen LogP contribution in [0, 0.1) is 0 Å². The molecule has 1 aromatic rings. The smallest absolute Gasteiger partial charge is 0.203 e. The molecule has 4 heteroatoms. The summed E-state index contributed by atoms with van der Waals surface area (Å²) in [6.07, 6.45) is 7.87. The molecule has 1 aliphatic carbocycles. The highest BCUT2D eigenvalue weighted by atomic mass is 35.5. The van der Waals surface area contributed by atoms with E-state index in [1.165, 1.54) is 50.1 Å². The van der Waals surface area contributed by atoms with Gasteiger partial charge in [-0.1, -0.05) is 25.7 Å². The van der Waals surface area contributed by atoms with Gasteiger partial charge in [0.05, 0.1) is 0 Å². The predicted molar refractivity (Wildman–Crippen MR) is 55.4 cm³/mol. The van der Waals surface area contributed by atoms with Crippen molar-refractivity contribution < 1.29 is 0 Å². The highest BCUT2D eigenvalue weighted by Crippen LogP contribution is 2.31. The van der Waals surface area contributed by atoms with Crippen LogP contribution in [0.15, 0.2) is 0 Å². The first-order valence-corrected chi connectivity index (χ1v) is 6.00. The molecule has 0 radical (unpaired) electrons. The molecule has 2 nitrogen and oxygen atoms in total. The summed E-state index contributed by atoms with van der Waals surface area (Å²) >= 11 is 7.07. The highest BCUT2D eigenvalue weighted by Gasteiger charge is 2.18. The molecule has 1 fully saturated rings. The zero-order chi connectivity index (χ0) is 9.10. The van der Waals surface area contributed by atoms with Gasteiger partial charge in [0.25, 0.3) is 0 Å². The molecule has 2 rings (SSSR count). The number of nitrogens with zero attached hydrogens (tertiary/aromatic N) is 2. The van der Waals surface area contributed by atoms with E-state index >= 15 is 0 Å². The zero-order valence-electron chi connectivity index (χ0n) is 7.50. The van der Waals surface area contributed by atoms with E-state index in [0.717, 1.165) is 5.82 Å². The Kier molecular flexibility index (Phi) is 3.17. The molecular formula is C9H13ClN2S. The maximum atomic E-state index is 5.77. The van der Waals surface area contributed by atoms with E-state index in [-0.39, 0.29) is 0 Å². The van der Waals surface area contributed by atoms with Crippen molar-refractivity contribution >= 4 is 23.1 Å². The second-order valence-corrected chi connectivity index (χ2v) is 4.93. The van der Waals surface area contributed by atoms with Gasteiger partial charge in [0, 0.05) is 5.92 Å². The molecule has 72 valence electrons. The number of halogens is 1. The van der Waals surface area contributed by atoms with Crippen molar-refractivity contribution in [1.82, 2.24) is 9.36 Å². The highest BCUT2D eigenvalue weighted by molar-refractivity contribution is 7.10. The van der Waals surface area contributed by atoms with Crippen LogP contribution < -0.4 is 0 Å². The monoisotopic (exact) mass is 216 g/mol. The first-order valence-electron chi connectivity index (χ1n) is 4.85. The Labute approximate surface area is 87.5 Å². The van der Waals surface area contributed by atoms with Gasteiger partial charge < -0.3 is 0 Å². The van der Waals surface area contributed by atoms with E-state index in [2.05, 4.69) is 9.36 Å². The Bertz CT molecular complexity index is 266. The molecule has 1 aliphatic rings. The molecule has 1 saturated carbocycles. The summed E-state index contributed by atoms with van der Waals surface area (Å²) in [7, 11) is 0. The summed E-state index contributed by atoms with van der Waals surface area (Å²) in [6, 6.07) is 0. The van der Waals surface area contributed by atoms with Crippen LogP contribution in [-0.4, -0.2) is 9.36 Å². The van der Waals surface area contributed by atoms with Crippen LogP contribution >= 0.6 is 23.1 Å². The van der Waals surface area contributed by atoms with Crippen LogP contribution in [0.3, 0.4) is 0 Å². The second-order valence-electron chi connectivity index (χ2n) is 3.59. The van der Waals surface area contributed by atoms with Gasteiger partial charge in [0.1, 0.15) is 5.82 Å². The average Bonchev–Trinajstić information content (AvgIpc) is 2.43. The third kappa shape index (κ3) is 2.41. The van der Waals surface area contributed by atoms with Crippen LogP contribution in [0.2, 0.25) is 4.47 Å². The number of rotatable bonds is 1. The molecule has 0 bridgehead atoms. The summed E-state index contributed by atoms with van der Waals surface area (Å²) in [5.41, 5.74) is 0. The Balaban J connectivity index is 2.06. The van der Waals surface area contributed by atoms with Crippen molar-refractivity contribution in [3.8, 4) is 0 Å². The molecule has 0 aromatic carbocycles. The van der Waals surface area contributed by atoms with Gasteiger partial charge in [-0.15, -0.1) is 0 Å². The van der Waals surface area contributed by atoms with Crippen LogP contribution in [-0.2, 0) is 0 Å². The molecular weight excluding hydrogens is 204 g/mol. The van der Waals surface area contributed by atoms with Gasteiger partial charge in [0.15, 0.2) is 0 Å². The van der Waals surface area contributed by atoms with Crippen LogP contribution in [0.5, 0.6) is 0 Å². The predicted octanol–water partition coefficient (Wildman–Crippen LogP) is 3.63. The fourth-order valence-electron chi connectivity index (χ4n) is 1.92. The molecule has 0 atom stereocenters. The molecule has 13 heavy (non-hydrogen) atoms. The van der Waals surface area contributed by atoms with Crippen LogP contribution in [0.25, 0.3) is 0 Å². The summed E-state index contributed by atoms with van der Waals surface area (Å²) in [6.45, 7) is 0. The molecule has 0 N–H and O–H groups in total. The Morgan fingerprint density at radius 3 is 2.38 bits per heavy atom. The standard InChI is InChI=1S/C9H13ClN2S/c10-9-11-8(12-13-9)7-5-3-1-2-4-6-7/h7H,1-6H2. The number of hydrogen-bond donors (Lipinski definition) is 0. The van der Waals surface area contributed by atoms with E-state index in [9.17, 15) is 0 Å². The lowest BCUT2D eigenvalue weighted by molar-refractivity contribution is 0.567. The van der Waals surface area contributed by atoms with E-state index in [1.807, 2.05) is 0 Å². The minimum absolute atomic E-state index is 0.575. The quantitative estimate of drug-likeness (QED) is 0.670. The van der Waals surface area contributed by atoms with Gasteiger partial charge in [-0.2, -0.15) is 4.37 Å². The van der Waals surface area contributed by atoms with E-state index in [1.54, 1.807) is 0 Å². The van der Waals surface area contributed by atoms with Crippen molar-refractivity contribution in [1.29, 1.82) is 0 Å². The van der Waals surface area contributed by atoms with Crippen molar-refractivity contribution in [2.45, 2.75) is 44.4 Å². The van der Waals surface area contributed by atoms with Gasteiger partial charge in [0.2, 0.25) is 4.47 Å². The normalized spacial score (nSPS) is 20.1. The molecule has 0 spiro atoms. The largest absolute Gasteiger partial charge is 0.208 e. The lowest BCUT2D eigenvalue weighted by atomic mass is 10.00. The lowest BCUT2D eigenvalue weighted by Crippen LogP contribution is -1.99. The molecule has 0 unspecified atom stereocenters. The SMILES string of the molecule is Clc1nc(C2CCCCCC2)ns1.